The Kier molecular flexibility index (Phi) is 5.36. The van der Waals surface area contributed by atoms with Crippen molar-refractivity contribution in [1.82, 2.24) is 9.80 Å². The number of carbonyl (C=O) groups excluding carboxylic acids is 2. The van der Waals surface area contributed by atoms with Crippen molar-refractivity contribution >= 4 is 23.6 Å². The van der Waals surface area contributed by atoms with E-state index in [1.54, 1.807) is 11.8 Å². The third-order valence-corrected chi connectivity index (χ3v) is 5.38. The maximum absolute atomic E-state index is 12.8. The van der Waals surface area contributed by atoms with E-state index in [0.29, 0.717) is 19.4 Å². The Bertz CT molecular complexity index is 753. The molecule has 0 radical (unpaired) electrons. The van der Waals surface area contributed by atoms with Crippen molar-refractivity contribution in [3.8, 4) is 0 Å². The number of ether oxygens (including phenoxy) is 1. The molecule has 2 heterocycles. The van der Waals surface area contributed by atoms with Crippen LogP contribution < -0.4 is 5.32 Å². The minimum atomic E-state index is -1.55. The van der Waals surface area contributed by atoms with Gasteiger partial charge in [0.25, 0.3) is 0 Å². The van der Waals surface area contributed by atoms with Crippen LogP contribution in [0, 0.1) is 0 Å². The van der Waals surface area contributed by atoms with Gasteiger partial charge in [0, 0.05) is 37.8 Å². The van der Waals surface area contributed by atoms with Crippen molar-refractivity contribution < 1.29 is 24.2 Å². The maximum Gasteiger partial charge on any atom is 0.409 e. The number of nitrogens with zero attached hydrogens (tertiary/aromatic N) is 2. The highest BCUT2D eigenvalue weighted by molar-refractivity contribution is 5.92. The summed E-state index contributed by atoms with van der Waals surface area (Å²) in [6.07, 6.45) is 0.0880. The van der Waals surface area contributed by atoms with Crippen LogP contribution in [0.2, 0.25) is 0 Å². The molecule has 0 spiro atoms. The number of benzene rings is 1. The summed E-state index contributed by atoms with van der Waals surface area (Å²) in [6, 6.07) is 7.13. The third kappa shape index (κ3) is 3.49. The zero-order valence-corrected chi connectivity index (χ0v) is 15.6. The van der Waals surface area contributed by atoms with E-state index in [2.05, 4.69) is 5.32 Å². The lowest BCUT2D eigenvalue weighted by Crippen LogP contribution is -2.65. The van der Waals surface area contributed by atoms with Crippen LogP contribution in [-0.4, -0.2) is 64.3 Å². The smallest absolute Gasteiger partial charge is 0.409 e. The van der Waals surface area contributed by atoms with Crippen molar-refractivity contribution in [1.29, 1.82) is 0 Å². The van der Waals surface area contributed by atoms with E-state index in [1.807, 2.05) is 24.3 Å². The first kappa shape index (κ1) is 19.2. The highest BCUT2D eigenvalue weighted by Gasteiger charge is 2.51. The van der Waals surface area contributed by atoms with Gasteiger partial charge in [-0.15, -0.1) is 0 Å². The van der Waals surface area contributed by atoms with Gasteiger partial charge < -0.3 is 20.1 Å². The number of anilines is 1. The monoisotopic (exact) mass is 375 g/mol. The minimum Gasteiger partial charge on any atom is -0.465 e. The topological polar surface area (TPSA) is 99.2 Å². The molecular weight excluding hydrogens is 350 g/mol. The number of carboxylic acid groups (broad SMARTS) is 1. The molecule has 27 heavy (non-hydrogen) atoms. The van der Waals surface area contributed by atoms with Crippen LogP contribution >= 0.6 is 0 Å². The van der Waals surface area contributed by atoms with Gasteiger partial charge in [-0.1, -0.05) is 18.2 Å². The number of carbonyl (C=O) groups is 3. The normalized spacial score (nSPS) is 25.4. The number of urea groups is 1. The molecule has 146 valence electrons. The molecule has 1 fully saturated rings. The second kappa shape index (κ2) is 7.56. The van der Waals surface area contributed by atoms with Gasteiger partial charge in [-0.2, -0.15) is 0 Å². The van der Waals surface area contributed by atoms with E-state index in [4.69, 9.17) is 4.74 Å². The summed E-state index contributed by atoms with van der Waals surface area (Å²) in [5.41, 5.74) is 0.290. The van der Waals surface area contributed by atoms with E-state index < -0.39 is 11.8 Å². The molecule has 3 rings (SSSR count). The van der Waals surface area contributed by atoms with E-state index in [-0.39, 0.29) is 37.4 Å². The fraction of sp³-hybridized carbons (Fsp3) is 0.526. The van der Waals surface area contributed by atoms with Crippen LogP contribution in [0.15, 0.2) is 24.3 Å². The number of likely N-dealkylation sites (tertiary alicyclic amines) is 1. The van der Waals surface area contributed by atoms with Crippen molar-refractivity contribution in [2.24, 2.45) is 0 Å². The lowest BCUT2D eigenvalue weighted by atomic mass is 9.89. The molecule has 0 aromatic heterocycles. The van der Waals surface area contributed by atoms with Crippen LogP contribution in [0.4, 0.5) is 15.3 Å². The Labute approximate surface area is 158 Å². The minimum absolute atomic E-state index is 0.131. The van der Waals surface area contributed by atoms with E-state index >= 15 is 0 Å². The number of fused-ring (bicyclic) bond motifs is 1. The lowest BCUT2D eigenvalue weighted by molar-refractivity contribution is -0.182. The van der Waals surface area contributed by atoms with Crippen LogP contribution in [0.5, 0.6) is 0 Å². The Balaban J connectivity index is 1.86. The van der Waals surface area contributed by atoms with Gasteiger partial charge in [-0.3, -0.25) is 9.69 Å². The van der Waals surface area contributed by atoms with Gasteiger partial charge in [0.15, 0.2) is 5.78 Å². The maximum atomic E-state index is 12.8. The fourth-order valence-corrected chi connectivity index (χ4v) is 4.06. The summed E-state index contributed by atoms with van der Waals surface area (Å²) >= 11 is 0. The molecule has 3 amide bonds. The first-order chi connectivity index (χ1) is 12.9. The number of hydrogen-bond donors (Lipinski definition) is 2. The molecule has 1 aromatic rings. The number of amides is 3. The molecule has 2 aliphatic heterocycles. The van der Waals surface area contributed by atoms with Gasteiger partial charge in [0.1, 0.15) is 0 Å². The first-order valence-corrected chi connectivity index (χ1v) is 9.20. The summed E-state index contributed by atoms with van der Waals surface area (Å²) in [5.74, 6) is -0.366. The lowest BCUT2D eigenvalue weighted by Gasteiger charge is -2.48. The largest absolute Gasteiger partial charge is 0.465 e. The Morgan fingerprint density at radius 3 is 2.74 bits per heavy atom. The SMILES string of the molecule is CCOC1(C(C)=O)CC(N2CCc3ccccc3NC2=O)CCN1C(=O)O. The summed E-state index contributed by atoms with van der Waals surface area (Å²) in [5, 5.41) is 12.5. The van der Waals surface area contributed by atoms with E-state index in [1.165, 1.54) is 6.92 Å². The number of para-hydroxylation sites is 1. The molecule has 1 saturated heterocycles. The van der Waals surface area contributed by atoms with Crippen LogP contribution in [0.25, 0.3) is 0 Å². The third-order valence-electron chi connectivity index (χ3n) is 5.38. The molecule has 0 aliphatic carbocycles. The van der Waals surface area contributed by atoms with Gasteiger partial charge in [-0.25, -0.2) is 9.59 Å². The van der Waals surface area contributed by atoms with Gasteiger partial charge in [0.05, 0.1) is 0 Å². The standard InChI is InChI=1S/C19H25N3O5/c1-3-27-19(13(2)23)12-15(9-11-22(19)18(25)26)21-10-8-14-6-4-5-7-16(14)20-17(21)24/h4-7,15H,3,8-12H2,1-2H3,(H,20,24)(H,25,26). The average Bonchev–Trinajstić information content (AvgIpc) is 2.79. The highest BCUT2D eigenvalue weighted by Crippen LogP contribution is 2.34. The summed E-state index contributed by atoms with van der Waals surface area (Å²) in [6.45, 7) is 3.90. The quantitative estimate of drug-likeness (QED) is 0.842. The van der Waals surface area contributed by atoms with Gasteiger partial charge >= 0.3 is 12.1 Å². The van der Waals surface area contributed by atoms with Crippen molar-refractivity contribution in [2.45, 2.75) is 44.9 Å². The molecular formula is C19H25N3O5. The predicted octanol–water partition coefficient (Wildman–Crippen LogP) is 2.54. The molecule has 2 N–H and O–H groups in total. The van der Waals surface area contributed by atoms with Gasteiger partial charge in [-0.05, 0) is 38.3 Å². The molecule has 2 aliphatic rings. The highest BCUT2D eigenvalue weighted by atomic mass is 16.5. The van der Waals surface area contributed by atoms with Crippen LogP contribution in [0.1, 0.15) is 32.3 Å². The van der Waals surface area contributed by atoms with E-state index in [0.717, 1.165) is 16.2 Å². The number of rotatable bonds is 4. The number of piperidine rings is 1. The van der Waals surface area contributed by atoms with Crippen molar-refractivity contribution in [3.05, 3.63) is 29.8 Å². The molecule has 1 aromatic carbocycles. The predicted molar refractivity (Wildman–Crippen MR) is 98.7 cm³/mol. The molecule has 2 unspecified atom stereocenters. The zero-order valence-electron chi connectivity index (χ0n) is 15.6. The molecule has 8 heteroatoms. The molecule has 2 atom stereocenters. The van der Waals surface area contributed by atoms with Crippen molar-refractivity contribution in [2.75, 3.05) is 25.0 Å². The zero-order chi connectivity index (χ0) is 19.6. The molecule has 0 bridgehead atoms. The first-order valence-electron chi connectivity index (χ1n) is 9.20. The van der Waals surface area contributed by atoms with Crippen molar-refractivity contribution in [3.63, 3.8) is 0 Å². The summed E-state index contributed by atoms with van der Waals surface area (Å²) in [4.78, 5) is 39.7. The molecule has 0 saturated carbocycles. The number of nitrogens with one attached hydrogen (secondary N) is 1. The number of Topliss-reactive ketones (excluding diaryl/α,β-unsaturated/α-hetero) is 1. The number of hydrogen-bond acceptors (Lipinski definition) is 4. The Morgan fingerprint density at radius 2 is 2.07 bits per heavy atom. The second-order valence-electron chi connectivity index (χ2n) is 6.89. The van der Waals surface area contributed by atoms with Crippen LogP contribution in [-0.2, 0) is 16.0 Å². The average molecular weight is 375 g/mol. The fourth-order valence-electron chi connectivity index (χ4n) is 4.06. The molecule has 8 nitrogen and oxygen atoms in total. The van der Waals surface area contributed by atoms with Gasteiger partial charge in [0.2, 0.25) is 5.72 Å². The van der Waals surface area contributed by atoms with Crippen LogP contribution in [0.3, 0.4) is 0 Å². The summed E-state index contributed by atoms with van der Waals surface area (Å²) < 4.78 is 5.69. The van der Waals surface area contributed by atoms with E-state index in [9.17, 15) is 19.5 Å². The second-order valence-corrected chi connectivity index (χ2v) is 6.89. The Hall–Kier alpha value is -2.61. The Morgan fingerprint density at radius 1 is 1.33 bits per heavy atom. The summed E-state index contributed by atoms with van der Waals surface area (Å²) in [7, 11) is 0. The number of ketones is 1.